The Balaban J connectivity index is 1.26. The van der Waals surface area contributed by atoms with E-state index in [0.29, 0.717) is 30.9 Å². The molecule has 60 heavy (non-hydrogen) atoms. The van der Waals surface area contributed by atoms with Gasteiger partial charge in [-0.3, -0.25) is 14.3 Å². The highest BCUT2D eigenvalue weighted by molar-refractivity contribution is 6.91. The Morgan fingerprint density at radius 3 is 2.55 bits per heavy atom. The van der Waals surface area contributed by atoms with E-state index < -0.39 is 13.7 Å². The monoisotopic (exact) mass is 830 g/mol. The number of rotatable bonds is 16. The summed E-state index contributed by atoms with van der Waals surface area (Å²) in [5, 5.41) is 27.1. The Kier molecular flexibility index (Phi) is 13.2. The molecule has 3 N–H and O–H groups in total. The average Bonchev–Trinajstić information content (AvgIpc) is 4.05. The summed E-state index contributed by atoms with van der Waals surface area (Å²) in [7, 11) is -0.740. The maximum Gasteiger partial charge on any atom is 0.264 e. The highest BCUT2D eigenvalue weighted by Gasteiger charge is 2.66. The summed E-state index contributed by atoms with van der Waals surface area (Å²) in [5.74, 6) is 0.166. The standard InChI is InChI=1S/C48H62N6O5Si/c1-32(2)13-11-14-33(3)24-28-54-43-23-18-36(50-46(56)41-17-12-26-49-41)29-40(43)48(47(54)57)34(4)45(60(6,7)38-21-19-37(58-5)20-22-38)44(59-48)25-27-53-30-42(51-52-53)39(31-55)35-15-9-8-10-16-35/h8-10,13,15-16,18-24,29-30,34,39,41,44-45,49,55H,11-12,14,17,25-28,31H2,1-7H3,(H,50,56)/b33-24+/t34-,39?,41-,44+,45-,48+/m1/s1. The van der Waals surface area contributed by atoms with E-state index in [1.165, 1.54) is 16.3 Å². The van der Waals surface area contributed by atoms with E-state index in [1.807, 2.05) is 76.4 Å². The van der Waals surface area contributed by atoms with Crippen molar-refractivity contribution in [3.05, 3.63) is 119 Å². The number of carbonyl (C=O) groups excluding carboxylic acids is 2. The number of carbonyl (C=O) groups is 2. The van der Waals surface area contributed by atoms with Crippen molar-refractivity contribution in [3.8, 4) is 5.75 Å². The molecule has 0 aliphatic carbocycles. The molecule has 2 saturated heterocycles. The van der Waals surface area contributed by atoms with Crippen molar-refractivity contribution in [1.29, 1.82) is 0 Å². The summed E-state index contributed by atoms with van der Waals surface area (Å²) >= 11 is 0. The van der Waals surface area contributed by atoms with Gasteiger partial charge in [-0.25, -0.2) is 0 Å². The molecule has 3 aliphatic heterocycles. The van der Waals surface area contributed by atoms with Crippen molar-refractivity contribution in [2.75, 3.05) is 37.0 Å². The van der Waals surface area contributed by atoms with E-state index in [1.54, 1.807) is 7.11 Å². The molecule has 1 spiro atoms. The van der Waals surface area contributed by atoms with Gasteiger partial charge in [0.1, 0.15) is 5.75 Å². The lowest BCUT2D eigenvalue weighted by Crippen LogP contribution is -2.52. The normalized spacial score (nSPS) is 23.2. The largest absolute Gasteiger partial charge is 0.497 e. The lowest BCUT2D eigenvalue weighted by Gasteiger charge is -2.37. The summed E-state index contributed by atoms with van der Waals surface area (Å²) < 4.78 is 14.8. The zero-order valence-electron chi connectivity index (χ0n) is 36.3. The number of aliphatic hydroxyl groups is 1. The molecule has 4 heterocycles. The van der Waals surface area contributed by atoms with E-state index in [2.05, 4.69) is 86.0 Å². The number of anilines is 2. The molecule has 3 aliphatic rings. The highest BCUT2D eigenvalue weighted by Crippen LogP contribution is 2.60. The molecular formula is C48H62N6O5Si. The summed E-state index contributed by atoms with van der Waals surface area (Å²) in [6, 6.07) is 23.9. The van der Waals surface area contributed by atoms with Crippen molar-refractivity contribution in [1.82, 2.24) is 20.3 Å². The van der Waals surface area contributed by atoms with Crippen LogP contribution in [0.15, 0.2) is 102 Å². The van der Waals surface area contributed by atoms with Crippen molar-refractivity contribution in [2.45, 2.75) is 109 Å². The Morgan fingerprint density at radius 1 is 1.10 bits per heavy atom. The molecule has 4 aromatic rings. The number of nitrogens with zero attached hydrogens (tertiary/aromatic N) is 4. The number of aromatic nitrogens is 3. The molecule has 6 atom stereocenters. The van der Waals surface area contributed by atoms with Gasteiger partial charge in [0.15, 0.2) is 5.60 Å². The first-order valence-electron chi connectivity index (χ1n) is 21.5. The van der Waals surface area contributed by atoms with Gasteiger partial charge in [-0.2, -0.15) is 0 Å². The lowest BCUT2D eigenvalue weighted by molar-refractivity contribution is -0.145. The minimum absolute atomic E-state index is 0.0161. The Labute approximate surface area is 356 Å². The van der Waals surface area contributed by atoms with Gasteiger partial charge in [0.05, 0.1) is 51.2 Å². The molecular weight excluding hydrogens is 769 g/mol. The number of aliphatic hydroxyl groups excluding tert-OH is 1. The predicted molar refractivity (Wildman–Crippen MR) is 240 cm³/mol. The van der Waals surface area contributed by atoms with Crippen LogP contribution in [0, 0.1) is 5.92 Å². The summed E-state index contributed by atoms with van der Waals surface area (Å²) in [5.41, 5.74) is 5.21. The van der Waals surface area contributed by atoms with Gasteiger partial charge in [-0.05, 0) is 101 Å². The molecule has 3 aromatic carbocycles. The van der Waals surface area contributed by atoms with E-state index in [-0.39, 0.29) is 47.9 Å². The topological polar surface area (TPSA) is 131 Å². The van der Waals surface area contributed by atoms with E-state index in [9.17, 15) is 9.90 Å². The molecule has 0 radical (unpaired) electrons. The van der Waals surface area contributed by atoms with Gasteiger partial charge in [-0.15, -0.1) is 5.10 Å². The second-order valence-corrected chi connectivity index (χ2v) is 22.3. The van der Waals surface area contributed by atoms with Crippen LogP contribution in [0.1, 0.15) is 82.5 Å². The predicted octanol–water partition coefficient (Wildman–Crippen LogP) is 7.45. The van der Waals surface area contributed by atoms with Crippen molar-refractivity contribution >= 4 is 36.4 Å². The Hall–Kier alpha value is -4.88. The fourth-order valence-electron chi connectivity index (χ4n) is 9.81. The summed E-state index contributed by atoms with van der Waals surface area (Å²) in [6.07, 6.45) is 10.2. The summed E-state index contributed by atoms with van der Waals surface area (Å²) in [4.78, 5) is 30.7. The number of hydrogen-bond acceptors (Lipinski definition) is 8. The third-order valence-electron chi connectivity index (χ3n) is 13.1. The minimum Gasteiger partial charge on any atom is -0.497 e. The average molecular weight is 831 g/mol. The van der Waals surface area contributed by atoms with Crippen molar-refractivity contribution in [2.24, 2.45) is 5.92 Å². The van der Waals surface area contributed by atoms with Crippen LogP contribution in [0.25, 0.3) is 0 Å². The molecule has 2 amide bonds. The van der Waals surface area contributed by atoms with Crippen LogP contribution in [0.2, 0.25) is 18.6 Å². The smallest absolute Gasteiger partial charge is 0.264 e. The number of hydrogen-bond donors (Lipinski definition) is 3. The van der Waals surface area contributed by atoms with Crippen LogP contribution in [-0.2, 0) is 26.5 Å². The zero-order chi connectivity index (χ0) is 42.6. The second kappa shape index (κ2) is 18.4. The molecule has 12 heteroatoms. The van der Waals surface area contributed by atoms with Crippen molar-refractivity contribution < 1.29 is 24.2 Å². The first kappa shape index (κ1) is 43.2. The maximum absolute atomic E-state index is 15.4. The van der Waals surface area contributed by atoms with Crippen LogP contribution < -0.4 is 25.5 Å². The number of amides is 2. The first-order chi connectivity index (χ1) is 28.9. The van der Waals surface area contributed by atoms with Gasteiger partial charge in [-0.1, -0.05) is 96.2 Å². The van der Waals surface area contributed by atoms with Crippen LogP contribution >= 0.6 is 0 Å². The molecule has 0 saturated carbocycles. The number of methoxy groups -OCH3 is 1. The van der Waals surface area contributed by atoms with Crippen LogP contribution in [-0.4, -0.2) is 78.9 Å². The van der Waals surface area contributed by atoms with Crippen LogP contribution in [0.4, 0.5) is 11.4 Å². The van der Waals surface area contributed by atoms with Gasteiger partial charge in [0.25, 0.3) is 5.91 Å². The second-order valence-electron chi connectivity index (χ2n) is 17.7. The van der Waals surface area contributed by atoms with Crippen molar-refractivity contribution in [3.63, 3.8) is 0 Å². The number of ether oxygens (including phenoxy) is 2. The number of aryl methyl sites for hydroxylation is 1. The van der Waals surface area contributed by atoms with Crippen LogP contribution in [0.5, 0.6) is 5.75 Å². The van der Waals surface area contributed by atoms with E-state index in [0.717, 1.165) is 54.8 Å². The maximum atomic E-state index is 15.4. The molecule has 7 rings (SSSR count). The molecule has 0 bridgehead atoms. The lowest BCUT2D eigenvalue weighted by atomic mass is 9.82. The summed E-state index contributed by atoms with van der Waals surface area (Å²) in [6.45, 7) is 15.0. The highest BCUT2D eigenvalue weighted by atomic mass is 28.3. The number of fused-ring (bicyclic) bond motifs is 2. The first-order valence-corrected chi connectivity index (χ1v) is 24.6. The molecule has 1 unspecified atom stereocenters. The number of benzene rings is 3. The van der Waals surface area contributed by atoms with Gasteiger partial charge in [0.2, 0.25) is 5.91 Å². The molecule has 11 nitrogen and oxygen atoms in total. The zero-order valence-corrected chi connectivity index (χ0v) is 37.3. The van der Waals surface area contributed by atoms with Gasteiger partial charge < -0.3 is 30.1 Å². The molecule has 2 fully saturated rings. The Morgan fingerprint density at radius 2 is 1.87 bits per heavy atom. The van der Waals surface area contributed by atoms with Crippen LogP contribution in [0.3, 0.4) is 0 Å². The molecule has 1 aromatic heterocycles. The fraction of sp³-hybridized carbons (Fsp3) is 0.458. The van der Waals surface area contributed by atoms with E-state index >= 15 is 4.79 Å². The van der Waals surface area contributed by atoms with Gasteiger partial charge >= 0.3 is 0 Å². The quantitative estimate of drug-likeness (QED) is 0.0785. The number of allylic oxidation sites excluding steroid dienone is 3. The fourth-order valence-corrected chi connectivity index (χ4v) is 13.9. The molecule has 318 valence electrons. The van der Waals surface area contributed by atoms with E-state index in [4.69, 9.17) is 9.47 Å². The number of nitrogens with one attached hydrogen (secondary N) is 2. The third-order valence-corrected chi connectivity index (χ3v) is 17.5. The Bertz CT molecular complexity index is 2190. The third kappa shape index (κ3) is 8.65. The minimum atomic E-state index is -2.42. The van der Waals surface area contributed by atoms with Gasteiger partial charge in [0, 0.05) is 36.5 Å². The SMILES string of the molecule is COc1ccc([Si](C)(C)[C@H]2[C@H](CCn3cc(C(CO)c4ccccc4)nn3)O[C@@]3(C(=O)N(C/C=C(\C)CCC=C(C)C)c4ccc(NC(=O)[C@H]5CCCN5)cc43)[C@@H]2C)cc1.